The van der Waals surface area contributed by atoms with Crippen molar-refractivity contribution in [3.63, 3.8) is 0 Å². The summed E-state index contributed by atoms with van der Waals surface area (Å²) in [6, 6.07) is 0. The molecule has 78 valence electrons. The fourth-order valence-electron chi connectivity index (χ4n) is 0.979. The number of phosphoric ester groups is 1. The minimum Gasteiger partial charge on any atom is -0.790 e. The molecule has 1 aliphatic heterocycles. The molecule has 2 N–H and O–H groups in total. The van der Waals surface area contributed by atoms with Gasteiger partial charge < -0.3 is 33.8 Å². The van der Waals surface area contributed by atoms with E-state index in [1.165, 1.54) is 0 Å². The highest BCUT2D eigenvalue weighted by Crippen LogP contribution is 2.26. The van der Waals surface area contributed by atoms with Gasteiger partial charge in [-0.25, -0.2) is 0 Å². The largest absolute Gasteiger partial charge is 0.790 e. The molecule has 3 atom stereocenters. The molecule has 1 heterocycles. The molecule has 0 radical (unpaired) electrons. The molecular weight excluding hydrogens is 203 g/mol. The Morgan fingerprint density at radius 1 is 1.54 bits per heavy atom. The summed E-state index contributed by atoms with van der Waals surface area (Å²) >= 11 is 0. The summed E-state index contributed by atoms with van der Waals surface area (Å²) in [6.45, 7) is -0.667. The zero-order valence-electron chi connectivity index (χ0n) is 6.53. The SMILES string of the molecule is O=P([O-])([O-])OCC1OCC(O)C1O. The summed E-state index contributed by atoms with van der Waals surface area (Å²) < 4.78 is 18.7. The summed E-state index contributed by atoms with van der Waals surface area (Å²) in [5.74, 6) is 0. The molecule has 7 nitrogen and oxygen atoms in total. The lowest BCUT2D eigenvalue weighted by atomic mass is 10.2. The van der Waals surface area contributed by atoms with Crippen molar-refractivity contribution in [3.8, 4) is 0 Å². The van der Waals surface area contributed by atoms with Crippen molar-refractivity contribution >= 4 is 7.82 Å². The standard InChI is InChI=1S/C5H11O7P/c6-3-1-11-4(5(3)7)2-12-13(8,9)10/h3-7H,1-2H2,(H2,8,9,10)/p-2. The van der Waals surface area contributed by atoms with Gasteiger partial charge in [0.25, 0.3) is 0 Å². The second-order valence-electron chi connectivity index (χ2n) is 2.67. The first kappa shape index (κ1) is 11.1. The van der Waals surface area contributed by atoms with Gasteiger partial charge >= 0.3 is 0 Å². The third kappa shape index (κ3) is 3.32. The van der Waals surface area contributed by atoms with Gasteiger partial charge in [-0.15, -0.1) is 0 Å². The summed E-state index contributed by atoms with van der Waals surface area (Å²) in [6.07, 6.45) is -3.25. The first-order chi connectivity index (χ1) is 5.90. The topological polar surface area (TPSA) is 122 Å². The van der Waals surface area contributed by atoms with Gasteiger partial charge in [-0.3, -0.25) is 0 Å². The van der Waals surface area contributed by atoms with Gasteiger partial charge in [0, 0.05) is 0 Å². The van der Waals surface area contributed by atoms with Gasteiger partial charge in [0.05, 0.1) is 21.0 Å². The molecule has 0 bridgehead atoms. The molecule has 3 unspecified atom stereocenters. The molecule has 0 saturated carbocycles. The fraction of sp³-hybridized carbons (Fsp3) is 1.00. The Morgan fingerprint density at radius 2 is 2.15 bits per heavy atom. The van der Waals surface area contributed by atoms with Gasteiger partial charge in [-0.2, -0.15) is 0 Å². The van der Waals surface area contributed by atoms with E-state index in [4.69, 9.17) is 14.9 Å². The highest BCUT2D eigenvalue weighted by atomic mass is 31.2. The van der Waals surface area contributed by atoms with Crippen molar-refractivity contribution in [1.82, 2.24) is 0 Å². The van der Waals surface area contributed by atoms with E-state index in [2.05, 4.69) is 4.52 Å². The molecular formula is C5H9O7P-2. The molecule has 1 saturated heterocycles. The zero-order valence-corrected chi connectivity index (χ0v) is 7.42. The van der Waals surface area contributed by atoms with Crippen molar-refractivity contribution in [2.24, 2.45) is 0 Å². The molecule has 13 heavy (non-hydrogen) atoms. The lowest BCUT2D eigenvalue weighted by Gasteiger charge is -2.30. The second kappa shape index (κ2) is 4.02. The van der Waals surface area contributed by atoms with Gasteiger partial charge in [-0.05, 0) is 0 Å². The van der Waals surface area contributed by atoms with Crippen molar-refractivity contribution < 1.29 is 33.8 Å². The summed E-state index contributed by atoms with van der Waals surface area (Å²) in [4.78, 5) is 20.1. The van der Waals surface area contributed by atoms with Crippen LogP contribution >= 0.6 is 7.82 Å². The van der Waals surface area contributed by atoms with Crippen LogP contribution in [0.2, 0.25) is 0 Å². The van der Waals surface area contributed by atoms with E-state index in [0.717, 1.165) is 0 Å². The molecule has 0 amide bonds. The minimum absolute atomic E-state index is 0.1000. The predicted octanol–water partition coefficient (Wildman–Crippen LogP) is -3.05. The first-order valence-electron chi connectivity index (χ1n) is 3.54. The molecule has 1 fully saturated rings. The van der Waals surface area contributed by atoms with Crippen LogP contribution < -0.4 is 9.79 Å². The number of hydrogen-bond donors (Lipinski definition) is 2. The number of ether oxygens (including phenoxy) is 1. The van der Waals surface area contributed by atoms with Crippen LogP contribution in [0, 0.1) is 0 Å². The maximum absolute atomic E-state index is 10.0. The monoisotopic (exact) mass is 212 g/mol. The average molecular weight is 212 g/mol. The Hall–Kier alpha value is -0.0100. The Balaban J connectivity index is 2.35. The first-order valence-corrected chi connectivity index (χ1v) is 5.00. The molecule has 0 aliphatic carbocycles. The van der Waals surface area contributed by atoms with E-state index in [0.29, 0.717) is 0 Å². The lowest BCUT2D eigenvalue weighted by molar-refractivity contribution is -0.343. The van der Waals surface area contributed by atoms with Crippen LogP contribution in [0.3, 0.4) is 0 Å². The van der Waals surface area contributed by atoms with Crippen LogP contribution in [-0.4, -0.2) is 41.7 Å². The van der Waals surface area contributed by atoms with Crippen molar-refractivity contribution in [1.29, 1.82) is 0 Å². The fourth-order valence-corrected chi connectivity index (χ4v) is 1.31. The Morgan fingerprint density at radius 3 is 2.54 bits per heavy atom. The quantitative estimate of drug-likeness (QED) is 0.476. The van der Waals surface area contributed by atoms with E-state index in [1.807, 2.05) is 0 Å². The van der Waals surface area contributed by atoms with Crippen molar-refractivity contribution in [3.05, 3.63) is 0 Å². The predicted molar refractivity (Wildman–Crippen MR) is 35.3 cm³/mol. The Kier molecular flexibility index (Phi) is 3.42. The summed E-state index contributed by atoms with van der Waals surface area (Å²) in [7, 11) is -5.04. The summed E-state index contributed by atoms with van der Waals surface area (Å²) in [5, 5.41) is 18.0. The van der Waals surface area contributed by atoms with E-state index < -0.39 is 32.7 Å². The molecule has 8 heteroatoms. The number of aliphatic hydroxyl groups is 2. The van der Waals surface area contributed by atoms with E-state index in [-0.39, 0.29) is 6.61 Å². The number of phosphoric acid groups is 1. The van der Waals surface area contributed by atoms with Crippen LogP contribution in [-0.2, 0) is 13.8 Å². The summed E-state index contributed by atoms with van der Waals surface area (Å²) in [5.41, 5.74) is 0. The molecule has 0 aromatic carbocycles. The number of hydrogen-bond acceptors (Lipinski definition) is 7. The normalized spacial score (nSPS) is 35.2. The van der Waals surface area contributed by atoms with Crippen LogP contribution in [0.1, 0.15) is 0 Å². The molecule has 1 aliphatic rings. The number of aliphatic hydroxyl groups excluding tert-OH is 2. The molecule has 0 aromatic heterocycles. The van der Waals surface area contributed by atoms with Gasteiger partial charge in [0.15, 0.2) is 0 Å². The Bertz CT molecular complexity index is 213. The van der Waals surface area contributed by atoms with E-state index in [9.17, 15) is 14.4 Å². The van der Waals surface area contributed by atoms with Crippen molar-refractivity contribution in [2.75, 3.05) is 13.2 Å². The highest BCUT2D eigenvalue weighted by Gasteiger charge is 2.34. The second-order valence-corrected chi connectivity index (χ2v) is 3.83. The lowest BCUT2D eigenvalue weighted by Crippen LogP contribution is -2.33. The van der Waals surface area contributed by atoms with E-state index >= 15 is 0 Å². The molecule has 0 aromatic rings. The van der Waals surface area contributed by atoms with Gasteiger partial charge in [0.1, 0.15) is 18.3 Å². The van der Waals surface area contributed by atoms with Crippen molar-refractivity contribution in [2.45, 2.75) is 18.3 Å². The van der Waals surface area contributed by atoms with Crippen LogP contribution in [0.5, 0.6) is 0 Å². The maximum atomic E-state index is 10.0. The minimum atomic E-state index is -5.04. The third-order valence-electron chi connectivity index (χ3n) is 1.65. The van der Waals surface area contributed by atoms with Gasteiger partial charge in [-0.1, -0.05) is 0 Å². The molecule has 0 spiro atoms. The van der Waals surface area contributed by atoms with Crippen LogP contribution in [0.4, 0.5) is 0 Å². The third-order valence-corrected chi connectivity index (χ3v) is 2.12. The van der Waals surface area contributed by atoms with Crippen LogP contribution in [0.15, 0.2) is 0 Å². The smallest absolute Gasteiger partial charge is 0.111 e. The van der Waals surface area contributed by atoms with E-state index in [1.54, 1.807) is 0 Å². The zero-order chi connectivity index (χ0) is 10.1. The van der Waals surface area contributed by atoms with Crippen LogP contribution in [0.25, 0.3) is 0 Å². The Labute approximate surface area is 74.1 Å². The molecule has 1 rings (SSSR count). The van der Waals surface area contributed by atoms with Gasteiger partial charge in [0.2, 0.25) is 0 Å². The maximum Gasteiger partial charge on any atom is 0.111 e. The number of rotatable bonds is 3. The average Bonchev–Trinajstić information content (AvgIpc) is 2.29. The highest BCUT2D eigenvalue weighted by molar-refractivity contribution is 7.43.